The maximum atomic E-state index is 14.3. The summed E-state index contributed by atoms with van der Waals surface area (Å²) in [6.45, 7) is 4.48. The predicted molar refractivity (Wildman–Crippen MR) is 121 cm³/mol. The number of rotatable bonds is 8. The molecule has 0 unspecified atom stereocenters. The van der Waals surface area contributed by atoms with E-state index in [0.29, 0.717) is 24.1 Å². The van der Waals surface area contributed by atoms with Crippen LogP contribution in [0.25, 0.3) is 17.0 Å². The molecule has 0 amide bonds. The summed E-state index contributed by atoms with van der Waals surface area (Å²) in [5.41, 5.74) is 3.28. The van der Waals surface area contributed by atoms with Crippen LogP contribution in [0.1, 0.15) is 36.9 Å². The van der Waals surface area contributed by atoms with Gasteiger partial charge in [0.15, 0.2) is 0 Å². The first-order valence-electron chi connectivity index (χ1n) is 10.9. The second kappa shape index (κ2) is 8.30. The normalized spacial score (nSPS) is 22.1. The molecule has 2 saturated carbocycles. The molecule has 3 aromatic rings. The highest BCUT2D eigenvalue weighted by Crippen LogP contribution is 2.45. The van der Waals surface area contributed by atoms with Crippen molar-refractivity contribution in [3.8, 4) is 11.3 Å². The molecule has 164 valence electrons. The average molecular weight is 434 g/mol. The first-order valence-corrected chi connectivity index (χ1v) is 10.9. The van der Waals surface area contributed by atoms with Crippen molar-refractivity contribution in [3.05, 3.63) is 78.4 Å². The Hall–Kier alpha value is -3.35. The van der Waals surface area contributed by atoms with Crippen LogP contribution in [0.5, 0.6) is 0 Å². The molecular weight excluding hydrogens is 408 g/mol. The van der Waals surface area contributed by atoms with Gasteiger partial charge in [-0.2, -0.15) is 0 Å². The molecule has 2 aliphatic rings. The highest BCUT2D eigenvalue weighted by molar-refractivity contribution is 5.69. The molecule has 5 nitrogen and oxygen atoms in total. The SMILES string of the molecule is C=C(NC1CC1)c1cccc(-c2ccc(NC[C@]3(c4ncccc4F)C[C@H](F)C3)nn2)c1. The molecule has 2 N–H and O–H groups in total. The molecule has 0 saturated heterocycles. The minimum absolute atomic E-state index is 0.241. The van der Waals surface area contributed by atoms with Crippen molar-refractivity contribution in [2.24, 2.45) is 0 Å². The van der Waals surface area contributed by atoms with Crippen LogP contribution in [-0.2, 0) is 5.41 Å². The monoisotopic (exact) mass is 433 g/mol. The van der Waals surface area contributed by atoms with Crippen LogP contribution in [0, 0.1) is 5.82 Å². The van der Waals surface area contributed by atoms with E-state index in [0.717, 1.165) is 22.5 Å². The lowest BCUT2D eigenvalue weighted by atomic mass is 9.65. The Morgan fingerprint density at radius 2 is 1.94 bits per heavy atom. The number of hydrogen-bond donors (Lipinski definition) is 2. The molecule has 0 radical (unpaired) electrons. The quantitative estimate of drug-likeness (QED) is 0.530. The van der Waals surface area contributed by atoms with Crippen molar-refractivity contribution in [1.82, 2.24) is 20.5 Å². The zero-order valence-electron chi connectivity index (χ0n) is 17.7. The Morgan fingerprint density at radius 3 is 2.62 bits per heavy atom. The fraction of sp³-hybridized carbons (Fsp3) is 0.320. The van der Waals surface area contributed by atoms with Gasteiger partial charge in [-0.3, -0.25) is 4.98 Å². The third-order valence-corrected chi connectivity index (χ3v) is 6.22. The van der Waals surface area contributed by atoms with Gasteiger partial charge in [-0.25, -0.2) is 8.78 Å². The second-order valence-electron chi connectivity index (χ2n) is 8.76. The zero-order chi connectivity index (χ0) is 22.1. The van der Waals surface area contributed by atoms with E-state index in [1.807, 2.05) is 36.4 Å². The van der Waals surface area contributed by atoms with Crippen LogP contribution in [0.3, 0.4) is 0 Å². The van der Waals surface area contributed by atoms with Gasteiger partial charge in [0.25, 0.3) is 0 Å². The largest absolute Gasteiger partial charge is 0.382 e. The van der Waals surface area contributed by atoms with Crippen LogP contribution in [0.15, 0.2) is 61.3 Å². The molecule has 5 rings (SSSR count). The van der Waals surface area contributed by atoms with Gasteiger partial charge >= 0.3 is 0 Å². The summed E-state index contributed by atoms with van der Waals surface area (Å²) < 4.78 is 28.1. The number of pyridine rings is 1. The molecule has 1 aromatic carbocycles. The summed E-state index contributed by atoms with van der Waals surface area (Å²) in [6, 6.07) is 15.2. The van der Waals surface area contributed by atoms with E-state index >= 15 is 0 Å². The Kier molecular flexibility index (Phi) is 5.33. The van der Waals surface area contributed by atoms with Gasteiger partial charge in [-0.1, -0.05) is 24.8 Å². The van der Waals surface area contributed by atoms with Crippen molar-refractivity contribution in [1.29, 1.82) is 0 Å². The van der Waals surface area contributed by atoms with Crippen LogP contribution >= 0.6 is 0 Å². The minimum atomic E-state index is -0.942. The summed E-state index contributed by atoms with van der Waals surface area (Å²) >= 11 is 0. The first-order chi connectivity index (χ1) is 15.5. The van der Waals surface area contributed by atoms with Gasteiger partial charge in [0.2, 0.25) is 0 Å². The smallest absolute Gasteiger partial charge is 0.148 e. The topological polar surface area (TPSA) is 62.7 Å². The molecule has 0 atom stereocenters. The lowest BCUT2D eigenvalue weighted by Gasteiger charge is -2.44. The van der Waals surface area contributed by atoms with Crippen molar-refractivity contribution in [3.63, 3.8) is 0 Å². The van der Waals surface area contributed by atoms with Crippen LogP contribution in [0.4, 0.5) is 14.6 Å². The standard InChI is InChI=1S/C25H25F2N5/c1-16(30-20-7-8-20)17-4-2-5-18(12-17)22-9-10-23(32-31-22)29-15-25(13-19(26)14-25)24-21(27)6-3-11-28-24/h2-6,9-12,19-20,30H,1,7-8,13-15H2,(H,29,32)/t19-,25-. The Bertz CT molecular complexity index is 1120. The van der Waals surface area contributed by atoms with E-state index in [-0.39, 0.29) is 12.8 Å². The molecule has 2 aliphatic carbocycles. The molecule has 2 heterocycles. The third-order valence-electron chi connectivity index (χ3n) is 6.22. The highest BCUT2D eigenvalue weighted by atomic mass is 19.1. The molecular formula is C25H25F2N5. The Morgan fingerprint density at radius 1 is 1.09 bits per heavy atom. The van der Waals surface area contributed by atoms with Crippen LogP contribution < -0.4 is 10.6 Å². The van der Waals surface area contributed by atoms with Gasteiger partial charge < -0.3 is 10.6 Å². The van der Waals surface area contributed by atoms with E-state index in [2.05, 4.69) is 32.4 Å². The lowest BCUT2D eigenvalue weighted by molar-refractivity contribution is 0.0964. The number of anilines is 1. The number of benzene rings is 1. The molecule has 0 bridgehead atoms. The lowest BCUT2D eigenvalue weighted by Crippen LogP contribution is -2.49. The summed E-state index contributed by atoms with van der Waals surface area (Å²) in [7, 11) is 0. The fourth-order valence-electron chi connectivity index (χ4n) is 4.25. The van der Waals surface area contributed by atoms with Crippen LogP contribution in [-0.4, -0.2) is 33.9 Å². The van der Waals surface area contributed by atoms with Gasteiger partial charge in [0, 0.05) is 35.5 Å². The average Bonchev–Trinajstić information content (AvgIpc) is 3.61. The van der Waals surface area contributed by atoms with Gasteiger partial charge in [-0.15, -0.1) is 10.2 Å². The predicted octanol–water partition coefficient (Wildman–Crippen LogP) is 4.88. The summed E-state index contributed by atoms with van der Waals surface area (Å²) in [6.07, 6.45) is 3.47. The van der Waals surface area contributed by atoms with E-state index < -0.39 is 17.4 Å². The van der Waals surface area contributed by atoms with Crippen molar-refractivity contribution in [2.75, 3.05) is 11.9 Å². The summed E-state index contributed by atoms with van der Waals surface area (Å²) in [4.78, 5) is 4.19. The minimum Gasteiger partial charge on any atom is -0.382 e. The molecule has 0 aliphatic heterocycles. The molecule has 7 heteroatoms. The number of alkyl halides is 1. The first kappa shape index (κ1) is 20.5. The Balaban J connectivity index is 1.28. The number of aromatic nitrogens is 3. The Labute approximate surface area is 186 Å². The van der Waals surface area contributed by atoms with E-state index in [4.69, 9.17) is 0 Å². The molecule has 0 spiro atoms. The third kappa shape index (κ3) is 4.20. The van der Waals surface area contributed by atoms with E-state index in [1.54, 1.807) is 12.3 Å². The number of nitrogens with one attached hydrogen (secondary N) is 2. The van der Waals surface area contributed by atoms with Gasteiger partial charge in [0.05, 0.1) is 11.4 Å². The van der Waals surface area contributed by atoms with Crippen molar-refractivity contribution in [2.45, 2.75) is 43.3 Å². The van der Waals surface area contributed by atoms with Crippen molar-refractivity contribution < 1.29 is 8.78 Å². The highest BCUT2D eigenvalue weighted by Gasteiger charge is 2.48. The zero-order valence-corrected chi connectivity index (χ0v) is 17.7. The number of halogens is 2. The number of hydrogen-bond acceptors (Lipinski definition) is 5. The molecule has 2 aromatic heterocycles. The van der Waals surface area contributed by atoms with Gasteiger partial charge in [-0.05, 0) is 61.6 Å². The maximum Gasteiger partial charge on any atom is 0.148 e. The summed E-state index contributed by atoms with van der Waals surface area (Å²) in [5.74, 6) is 0.156. The number of nitrogens with zero attached hydrogens (tertiary/aromatic N) is 3. The molecule has 32 heavy (non-hydrogen) atoms. The molecule has 2 fully saturated rings. The maximum absolute atomic E-state index is 14.3. The van der Waals surface area contributed by atoms with E-state index in [1.165, 1.54) is 18.9 Å². The van der Waals surface area contributed by atoms with E-state index in [9.17, 15) is 8.78 Å². The van der Waals surface area contributed by atoms with Crippen LogP contribution in [0.2, 0.25) is 0 Å². The fourth-order valence-corrected chi connectivity index (χ4v) is 4.25. The second-order valence-corrected chi connectivity index (χ2v) is 8.76. The summed E-state index contributed by atoms with van der Waals surface area (Å²) in [5, 5.41) is 15.2. The van der Waals surface area contributed by atoms with Gasteiger partial charge in [0.1, 0.15) is 17.8 Å². The van der Waals surface area contributed by atoms with Crippen molar-refractivity contribution >= 4 is 11.5 Å².